The molecule has 2 rings (SSSR count). The molecule has 0 fully saturated rings. The SMILES string of the molecule is Cc1ccccc1NC(=O)C(C)Sc1ccccc1Cl. The number of aryl methyl sites for hydroxylation is 1. The molecule has 0 aliphatic rings. The molecule has 4 heteroatoms. The van der Waals surface area contributed by atoms with Crippen LogP contribution in [0.1, 0.15) is 12.5 Å². The second-order valence-corrected chi connectivity index (χ2v) is 6.28. The zero-order valence-electron chi connectivity index (χ0n) is 11.4. The van der Waals surface area contributed by atoms with Gasteiger partial charge in [-0.25, -0.2) is 0 Å². The lowest BCUT2D eigenvalue weighted by Gasteiger charge is -2.14. The predicted octanol–water partition coefficient (Wildman–Crippen LogP) is 4.77. The van der Waals surface area contributed by atoms with Crippen molar-refractivity contribution in [2.24, 2.45) is 0 Å². The third-order valence-electron chi connectivity index (χ3n) is 2.91. The molecule has 0 saturated heterocycles. The fourth-order valence-corrected chi connectivity index (χ4v) is 2.89. The van der Waals surface area contributed by atoms with Crippen LogP contribution in [0.3, 0.4) is 0 Å². The lowest BCUT2D eigenvalue weighted by atomic mass is 10.2. The summed E-state index contributed by atoms with van der Waals surface area (Å²) in [4.78, 5) is 13.1. The molecular weight excluding hydrogens is 290 g/mol. The zero-order chi connectivity index (χ0) is 14.5. The summed E-state index contributed by atoms with van der Waals surface area (Å²) >= 11 is 7.57. The second kappa shape index (κ2) is 6.82. The van der Waals surface area contributed by atoms with Crippen molar-refractivity contribution >= 4 is 35.0 Å². The van der Waals surface area contributed by atoms with Crippen LogP contribution >= 0.6 is 23.4 Å². The highest BCUT2D eigenvalue weighted by molar-refractivity contribution is 8.00. The molecule has 2 aromatic rings. The van der Waals surface area contributed by atoms with E-state index in [0.29, 0.717) is 5.02 Å². The number of benzene rings is 2. The van der Waals surface area contributed by atoms with Gasteiger partial charge in [-0.15, -0.1) is 11.8 Å². The maximum atomic E-state index is 12.2. The number of rotatable bonds is 4. The predicted molar refractivity (Wildman–Crippen MR) is 86.6 cm³/mol. The Morgan fingerprint density at radius 2 is 1.80 bits per heavy atom. The molecule has 0 saturated carbocycles. The van der Waals surface area contributed by atoms with Crippen LogP contribution in [-0.4, -0.2) is 11.2 Å². The van der Waals surface area contributed by atoms with Gasteiger partial charge >= 0.3 is 0 Å². The Balaban J connectivity index is 2.03. The van der Waals surface area contributed by atoms with Crippen LogP contribution in [0.2, 0.25) is 5.02 Å². The van der Waals surface area contributed by atoms with Gasteiger partial charge in [0.15, 0.2) is 0 Å². The van der Waals surface area contributed by atoms with E-state index in [1.54, 1.807) is 0 Å². The quantitative estimate of drug-likeness (QED) is 0.825. The van der Waals surface area contributed by atoms with Gasteiger partial charge in [-0.3, -0.25) is 4.79 Å². The number of para-hydroxylation sites is 1. The Morgan fingerprint density at radius 1 is 1.15 bits per heavy atom. The molecule has 1 atom stereocenters. The molecule has 1 unspecified atom stereocenters. The standard InChI is InChI=1S/C16H16ClNOS/c1-11-7-3-5-9-14(11)18-16(19)12(2)20-15-10-6-4-8-13(15)17/h3-10,12H,1-2H3,(H,18,19). The summed E-state index contributed by atoms with van der Waals surface area (Å²) in [5, 5.41) is 3.41. The van der Waals surface area contributed by atoms with Gasteiger partial charge in [-0.1, -0.05) is 41.9 Å². The van der Waals surface area contributed by atoms with Gasteiger partial charge in [0.25, 0.3) is 0 Å². The molecule has 0 spiro atoms. The molecule has 20 heavy (non-hydrogen) atoms. The number of hydrogen-bond acceptors (Lipinski definition) is 2. The molecule has 0 bridgehead atoms. The number of halogens is 1. The Labute approximate surface area is 128 Å². The van der Waals surface area contributed by atoms with Gasteiger partial charge in [-0.05, 0) is 37.6 Å². The topological polar surface area (TPSA) is 29.1 Å². The highest BCUT2D eigenvalue weighted by atomic mass is 35.5. The van der Waals surface area contributed by atoms with Gasteiger partial charge in [0.05, 0.1) is 10.3 Å². The summed E-state index contributed by atoms with van der Waals surface area (Å²) < 4.78 is 0. The Hall–Kier alpha value is -1.45. The number of anilines is 1. The van der Waals surface area contributed by atoms with Crippen LogP contribution in [0.25, 0.3) is 0 Å². The molecular formula is C16H16ClNOS. The lowest BCUT2D eigenvalue weighted by molar-refractivity contribution is -0.115. The van der Waals surface area contributed by atoms with Crippen LogP contribution in [0.5, 0.6) is 0 Å². The highest BCUT2D eigenvalue weighted by Gasteiger charge is 2.16. The van der Waals surface area contributed by atoms with Crippen molar-refractivity contribution < 1.29 is 4.79 Å². The Morgan fingerprint density at radius 3 is 2.50 bits per heavy atom. The van der Waals surface area contributed by atoms with E-state index in [4.69, 9.17) is 11.6 Å². The molecule has 0 aromatic heterocycles. The molecule has 0 heterocycles. The first-order valence-corrected chi connectivity index (χ1v) is 7.61. The van der Waals surface area contributed by atoms with Crippen molar-refractivity contribution in [3.05, 3.63) is 59.1 Å². The van der Waals surface area contributed by atoms with Crippen molar-refractivity contribution in [3.8, 4) is 0 Å². The van der Waals surface area contributed by atoms with Gasteiger partial charge in [-0.2, -0.15) is 0 Å². The van der Waals surface area contributed by atoms with Crippen LogP contribution < -0.4 is 5.32 Å². The van der Waals surface area contributed by atoms with E-state index in [1.165, 1.54) is 11.8 Å². The molecule has 1 N–H and O–H groups in total. The monoisotopic (exact) mass is 305 g/mol. The van der Waals surface area contributed by atoms with Gasteiger partial charge in [0.2, 0.25) is 5.91 Å². The minimum Gasteiger partial charge on any atom is -0.325 e. The molecule has 104 valence electrons. The van der Waals surface area contributed by atoms with Crippen LogP contribution in [0, 0.1) is 6.92 Å². The van der Waals surface area contributed by atoms with Crippen molar-refractivity contribution in [2.45, 2.75) is 24.0 Å². The molecule has 2 nitrogen and oxygen atoms in total. The van der Waals surface area contributed by atoms with E-state index >= 15 is 0 Å². The first-order chi connectivity index (χ1) is 9.58. The highest BCUT2D eigenvalue weighted by Crippen LogP contribution is 2.30. The maximum Gasteiger partial charge on any atom is 0.237 e. The number of thioether (sulfide) groups is 1. The molecule has 0 radical (unpaired) electrons. The summed E-state index contributed by atoms with van der Waals surface area (Å²) in [6.07, 6.45) is 0. The molecule has 1 amide bonds. The molecule has 2 aromatic carbocycles. The van der Waals surface area contributed by atoms with Crippen molar-refractivity contribution in [1.29, 1.82) is 0 Å². The maximum absolute atomic E-state index is 12.2. The largest absolute Gasteiger partial charge is 0.325 e. The fraction of sp³-hybridized carbons (Fsp3) is 0.188. The lowest BCUT2D eigenvalue weighted by Crippen LogP contribution is -2.22. The zero-order valence-corrected chi connectivity index (χ0v) is 13.0. The third-order valence-corrected chi connectivity index (χ3v) is 4.53. The van der Waals surface area contributed by atoms with Crippen molar-refractivity contribution in [3.63, 3.8) is 0 Å². The first-order valence-electron chi connectivity index (χ1n) is 6.35. The third kappa shape index (κ3) is 3.78. The van der Waals surface area contributed by atoms with E-state index in [2.05, 4.69) is 5.32 Å². The van der Waals surface area contributed by atoms with E-state index in [0.717, 1.165) is 16.1 Å². The van der Waals surface area contributed by atoms with Crippen LogP contribution in [0.15, 0.2) is 53.4 Å². The van der Waals surface area contributed by atoms with Gasteiger partial charge < -0.3 is 5.32 Å². The minimum absolute atomic E-state index is 0.0239. The van der Waals surface area contributed by atoms with Crippen LogP contribution in [-0.2, 0) is 4.79 Å². The number of carbonyl (C=O) groups excluding carboxylic acids is 1. The van der Waals surface area contributed by atoms with E-state index < -0.39 is 0 Å². The number of nitrogens with one attached hydrogen (secondary N) is 1. The Bertz CT molecular complexity index is 615. The fourth-order valence-electron chi connectivity index (χ4n) is 1.73. The summed E-state index contributed by atoms with van der Waals surface area (Å²) in [6, 6.07) is 15.3. The minimum atomic E-state index is -0.213. The van der Waals surface area contributed by atoms with E-state index in [-0.39, 0.29) is 11.2 Å². The molecule has 0 aliphatic carbocycles. The number of carbonyl (C=O) groups is 1. The first kappa shape index (κ1) is 14.9. The average Bonchev–Trinajstić information content (AvgIpc) is 2.43. The van der Waals surface area contributed by atoms with Gasteiger partial charge in [0, 0.05) is 10.6 Å². The van der Waals surface area contributed by atoms with Crippen molar-refractivity contribution in [2.75, 3.05) is 5.32 Å². The smallest absolute Gasteiger partial charge is 0.237 e. The Kier molecular flexibility index (Phi) is 5.10. The summed E-state index contributed by atoms with van der Waals surface area (Å²) in [5.41, 5.74) is 1.90. The number of hydrogen-bond donors (Lipinski definition) is 1. The normalized spacial score (nSPS) is 11.9. The van der Waals surface area contributed by atoms with Gasteiger partial charge in [0.1, 0.15) is 0 Å². The molecule has 0 aliphatic heterocycles. The second-order valence-electron chi connectivity index (χ2n) is 4.49. The van der Waals surface area contributed by atoms with E-state index in [1.807, 2.05) is 62.4 Å². The average molecular weight is 306 g/mol. The van der Waals surface area contributed by atoms with Crippen molar-refractivity contribution in [1.82, 2.24) is 0 Å². The van der Waals surface area contributed by atoms with Crippen LogP contribution in [0.4, 0.5) is 5.69 Å². The summed E-state index contributed by atoms with van der Waals surface area (Å²) in [7, 11) is 0. The summed E-state index contributed by atoms with van der Waals surface area (Å²) in [5.74, 6) is -0.0239. The number of amides is 1. The summed E-state index contributed by atoms with van der Waals surface area (Å²) in [6.45, 7) is 3.85. The van der Waals surface area contributed by atoms with E-state index in [9.17, 15) is 4.79 Å².